The average molecular weight is 473 g/mol. The lowest BCUT2D eigenvalue weighted by atomic mass is 9.76. The first kappa shape index (κ1) is 24.3. The first-order chi connectivity index (χ1) is 14.8. The van der Waals surface area contributed by atoms with Crippen molar-refractivity contribution in [2.24, 2.45) is 5.41 Å². The van der Waals surface area contributed by atoms with E-state index in [2.05, 4.69) is 0 Å². The van der Waals surface area contributed by atoms with E-state index < -0.39 is 38.8 Å². The summed E-state index contributed by atoms with van der Waals surface area (Å²) >= 11 is 0. The molecule has 1 aromatic rings. The molecule has 2 heterocycles. The Kier molecular flexibility index (Phi) is 6.50. The highest BCUT2D eigenvalue weighted by molar-refractivity contribution is 7.89. The van der Waals surface area contributed by atoms with Crippen LogP contribution in [0.25, 0.3) is 0 Å². The lowest BCUT2D eigenvalue weighted by Crippen LogP contribution is -2.46. The number of amides is 1. The zero-order valence-electron chi connectivity index (χ0n) is 18.3. The number of piperidine rings is 1. The summed E-state index contributed by atoms with van der Waals surface area (Å²) in [4.78, 5) is 15.9. The molecule has 0 aliphatic carbocycles. The van der Waals surface area contributed by atoms with E-state index in [9.17, 15) is 26.4 Å². The minimum absolute atomic E-state index is 0.0993. The van der Waals surface area contributed by atoms with Crippen LogP contribution in [-0.2, 0) is 21.0 Å². The van der Waals surface area contributed by atoms with Gasteiger partial charge in [-0.2, -0.15) is 22.7 Å². The van der Waals surface area contributed by atoms with Crippen molar-refractivity contribution in [1.29, 1.82) is 5.26 Å². The molecule has 1 unspecified atom stereocenters. The molecule has 1 amide bonds. The maximum absolute atomic E-state index is 13.3. The Balaban J connectivity index is 1.82. The molecule has 11 heteroatoms. The van der Waals surface area contributed by atoms with Gasteiger partial charge in [-0.05, 0) is 49.8 Å². The second-order valence-corrected chi connectivity index (χ2v) is 10.9. The minimum Gasteiger partial charge on any atom is -0.371 e. The van der Waals surface area contributed by atoms with E-state index in [1.165, 1.54) is 21.3 Å². The van der Waals surface area contributed by atoms with Gasteiger partial charge < -0.3 is 9.80 Å². The van der Waals surface area contributed by atoms with Crippen LogP contribution in [-0.4, -0.2) is 69.1 Å². The molecular weight excluding hydrogens is 445 g/mol. The van der Waals surface area contributed by atoms with Gasteiger partial charge in [0.15, 0.2) is 0 Å². The van der Waals surface area contributed by atoms with E-state index in [0.717, 1.165) is 6.07 Å². The summed E-state index contributed by atoms with van der Waals surface area (Å²) < 4.78 is 66.6. The number of halogens is 3. The fourth-order valence-corrected chi connectivity index (χ4v) is 6.00. The lowest BCUT2D eigenvalue weighted by molar-refractivity contribution is -0.137. The van der Waals surface area contributed by atoms with Crippen LogP contribution in [0.1, 0.15) is 37.3 Å². The number of hydrogen-bond acceptors (Lipinski definition) is 5. The zero-order chi connectivity index (χ0) is 23.9. The third-order valence-electron chi connectivity index (χ3n) is 6.53. The van der Waals surface area contributed by atoms with Crippen molar-refractivity contribution in [2.45, 2.75) is 38.4 Å². The van der Waals surface area contributed by atoms with Gasteiger partial charge in [0.1, 0.15) is 6.04 Å². The largest absolute Gasteiger partial charge is 0.417 e. The summed E-state index contributed by atoms with van der Waals surface area (Å²) in [5.41, 5.74) is -1.40. The number of sulfonamides is 1. The van der Waals surface area contributed by atoms with E-state index in [1.54, 1.807) is 27.1 Å². The lowest BCUT2D eigenvalue weighted by Gasteiger charge is -2.40. The first-order valence-electron chi connectivity index (χ1n) is 10.4. The SMILES string of the molecule is CCS(=O)(=O)N1CC2(CCN(c3ccc(C#N)c(C(F)(F)F)c3)CC2)CC1C(=O)N(C)C. The van der Waals surface area contributed by atoms with Crippen LogP contribution < -0.4 is 4.90 Å². The molecule has 3 rings (SSSR count). The van der Waals surface area contributed by atoms with Gasteiger partial charge in [0.25, 0.3) is 0 Å². The van der Waals surface area contributed by atoms with E-state index >= 15 is 0 Å². The second kappa shape index (κ2) is 8.56. The van der Waals surface area contributed by atoms with Gasteiger partial charge in [0, 0.05) is 39.4 Å². The van der Waals surface area contributed by atoms with Gasteiger partial charge in [-0.25, -0.2) is 8.42 Å². The van der Waals surface area contributed by atoms with Crippen LogP contribution in [0.4, 0.5) is 18.9 Å². The fourth-order valence-electron chi connectivity index (χ4n) is 4.65. The van der Waals surface area contributed by atoms with Crippen molar-refractivity contribution < 1.29 is 26.4 Å². The molecular formula is C21H27F3N4O3S. The number of nitrogens with zero attached hydrogens (tertiary/aromatic N) is 4. The van der Waals surface area contributed by atoms with Gasteiger partial charge in [0.05, 0.1) is 22.9 Å². The van der Waals surface area contributed by atoms with Gasteiger partial charge in [-0.15, -0.1) is 0 Å². The molecule has 0 aromatic heterocycles. The standard InChI is InChI=1S/C21H27F3N4O3S/c1-4-32(30,31)28-14-20(12-18(28)19(29)26(2)3)7-9-27(10-8-20)16-6-5-15(13-25)17(11-16)21(22,23)24/h5-6,11,18H,4,7-10,12,14H2,1-3H3. The monoisotopic (exact) mass is 472 g/mol. The average Bonchev–Trinajstić information content (AvgIpc) is 3.12. The summed E-state index contributed by atoms with van der Waals surface area (Å²) in [6, 6.07) is 4.51. The molecule has 2 aliphatic rings. The minimum atomic E-state index is -4.63. The molecule has 1 atom stereocenters. The summed E-state index contributed by atoms with van der Waals surface area (Å²) in [7, 11) is -0.394. The Morgan fingerprint density at radius 2 is 1.91 bits per heavy atom. The quantitative estimate of drug-likeness (QED) is 0.673. The van der Waals surface area contributed by atoms with E-state index in [0.29, 0.717) is 38.0 Å². The van der Waals surface area contributed by atoms with Crippen molar-refractivity contribution in [1.82, 2.24) is 9.21 Å². The number of alkyl halides is 3. The number of anilines is 1. The van der Waals surface area contributed by atoms with Crippen molar-refractivity contribution in [3.63, 3.8) is 0 Å². The number of benzene rings is 1. The molecule has 0 bridgehead atoms. The summed E-state index contributed by atoms with van der Waals surface area (Å²) in [6.45, 7) is 2.66. The molecule has 2 aliphatic heterocycles. The third-order valence-corrected chi connectivity index (χ3v) is 8.36. The number of carbonyl (C=O) groups is 1. The molecule has 32 heavy (non-hydrogen) atoms. The van der Waals surface area contributed by atoms with Crippen molar-refractivity contribution in [3.8, 4) is 6.07 Å². The first-order valence-corrected chi connectivity index (χ1v) is 12.0. The van der Waals surface area contributed by atoms with Crippen LogP contribution in [0.15, 0.2) is 18.2 Å². The number of hydrogen-bond donors (Lipinski definition) is 0. The number of nitriles is 1. The van der Waals surface area contributed by atoms with Gasteiger partial charge in [-0.1, -0.05) is 0 Å². The summed E-state index contributed by atoms with van der Waals surface area (Å²) in [5.74, 6) is -0.360. The topological polar surface area (TPSA) is 84.7 Å². The highest BCUT2D eigenvalue weighted by Crippen LogP contribution is 2.46. The highest BCUT2D eigenvalue weighted by Gasteiger charge is 2.52. The van der Waals surface area contributed by atoms with Crippen molar-refractivity contribution in [3.05, 3.63) is 29.3 Å². The van der Waals surface area contributed by atoms with Gasteiger partial charge >= 0.3 is 6.18 Å². The molecule has 1 aromatic carbocycles. The van der Waals surface area contributed by atoms with Crippen LogP contribution in [0, 0.1) is 16.7 Å². The summed E-state index contributed by atoms with van der Waals surface area (Å²) in [6.07, 6.45) is -3.11. The Labute approximate surface area is 186 Å². The Bertz CT molecular complexity index is 1030. The molecule has 0 radical (unpaired) electrons. The predicted molar refractivity (Wildman–Crippen MR) is 113 cm³/mol. The normalized spacial score (nSPS) is 21.5. The van der Waals surface area contributed by atoms with E-state index in [4.69, 9.17) is 5.26 Å². The molecule has 0 N–H and O–H groups in total. The van der Waals surface area contributed by atoms with E-state index in [-0.39, 0.29) is 18.2 Å². The van der Waals surface area contributed by atoms with Crippen molar-refractivity contribution in [2.75, 3.05) is 44.4 Å². The highest BCUT2D eigenvalue weighted by atomic mass is 32.2. The number of carbonyl (C=O) groups excluding carboxylic acids is 1. The molecule has 2 fully saturated rings. The molecule has 7 nitrogen and oxygen atoms in total. The van der Waals surface area contributed by atoms with Crippen LogP contribution in [0.3, 0.4) is 0 Å². The maximum atomic E-state index is 13.3. The maximum Gasteiger partial charge on any atom is 0.417 e. The second-order valence-electron chi connectivity index (χ2n) is 8.72. The zero-order valence-corrected chi connectivity index (χ0v) is 19.1. The Morgan fingerprint density at radius 3 is 2.41 bits per heavy atom. The van der Waals surface area contributed by atoms with E-state index in [1.807, 2.05) is 4.90 Å². The van der Waals surface area contributed by atoms with Crippen LogP contribution in [0.5, 0.6) is 0 Å². The fraction of sp³-hybridized carbons (Fsp3) is 0.619. The van der Waals surface area contributed by atoms with Gasteiger partial charge in [-0.3, -0.25) is 4.79 Å². The van der Waals surface area contributed by atoms with Gasteiger partial charge in [0.2, 0.25) is 15.9 Å². The van der Waals surface area contributed by atoms with Crippen LogP contribution in [0.2, 0.25) is 0 Å². The molecule has 0 saturated carbocycles. The van der Waals surface area contributed by atoms with Crippen molar-refractivity contribution >= 4 is 21.6 Å². The number of rotatable bonds is 4. The molecule has 2 saturated heterocycles. The number of likely N-dealkylation sites (N-methyl/N-ethyl adjacent to an activating group) is 1. The third kappa shape index (κ3) is 4.57. The predicted octanol–water partition coefficient (Wildman–Crippen LogP) is 2.68. The molecule has 176 valence electrons. The summed E-state index contributed by atoms with van der Waals surface area (Å²) in [5, 5.41) is 8.99. The Morgan fingerprint density at radius 1 is 1.28 bits per heavy atom. The molecule has 1 spiro atoms. The van der Waals surface area contributed by atoms with Crippen LogP contribution >= 0.6 is 0 Å². The Hall–Kier alpha value is -2.32. The smallest absolute Gasteiger partial charge is 0.371 e.